The molecule has 0 spiro atoms. The standard InChI is InChI=1S/C15H21N5O2/c1-10(2)8-16-15-19-14(9-17-20-15)18-12-7-11(21-3)5-6-13(12)22-4/h5-7,9-10H,8H2,1-4H3,(H2,16,18,19,20). The number of anilines is 3. The molecule has 0 aliphatic heterocycles. The van der Waals surface area contributed by atoms with Crippen LogP contribution >= 0.6 is 0 Å². The molecule has 22 heavy (non-hydrogen) atoms. The van der Waals surface area contributed by atoms with Crippen molar-refractivity contribution in [2.45, 2.75) is 13.8 Å². The molecular formula is C15H21N5O2. The van der Waals surface area contributed by atoms with E-state index in [2.05, 4.69) is 39.7 Å². The van der Waals surface area contributed by atoms with Crippen molar-refractivity contribution in [3.05, 3.63) is 24.4 Å². The highest BCUT2D eigenvalue weighted by atomic mass is 16.5. The molecule has 7 nitrogen and oxygen atoms in total. The van der Waals surface area contributed by atoms with E-state index in [0.29, 0.717) is 23.4 Å². The molecule has 0 aliphatic carbocycles. The second kappa shape index (κ2) is 7.44. The Morgan fingerprint density at radius 1 is 1.18 bits per heavy atom. The molecule has 0 bridgehead atoms. The van der Waals surface area contributed by atoms with Gasteiger partial charge in [-0.15, -0.1) is 5.10 Å². The third-order valence-electron chi connectivity index (χ3n) is 2.90. The normalized spacial score (nSPS) is 10.4. The van der Waals surface area contributed by atoms with E-state index in [0.717, 1.165) is 18.0 Å². The van der Waals surface area contributed by atoms with Crippen LogP contribution in [0.5, 0.6) is 11.5 Å². The first-order valence-corrected chi connectivity index (χ1v) is 7.05. The van der Waals surface area contributed by atoms with Crippen molar-refractivity contribution in [3.63, 3.8) is 0 Å². The van der Waals surface area contributed by atoms with E-state index in [1.54, 1.807) is 20.4 Å². The SMILES string of the molecule is COc1ccc(OC)c(Nc2cnnc(NCC(C)C)n2)c1. The lowest BCUT2D eigenvalue weighted by Gasteiger charge is -2.12. The van der Waals surface area contributed by atoms with Gasteiger partial charge in [0.2, 0.25) is 5.95 Å². The number of ether oxygens (including phenoxy) is 2. The van der Waals surface area contributed by atoms with Crippen LogP contribution in [0.1, 0.15) is 13.8 Å². The van der Waals surface area contributed by atoms with E-state index in [9.17, 15) is 0 Å². The third-order valence-corrected chi connectivity index (χ3v) is 2.90. The summed E-state index contributed by atoms with van der Waals surface area (Å²) in [5.41, 5.74) is 0.747. The summed E-state index contributed by atoms with van der Waals surface area (Å²) in [4.78, 5) is 4.38. The summed E-state index contributed by atoms with van der Waals surface area (Å²) in [5, 5.41) is 14.2. The van der Waals surface area contributed by atoms with E-state index in [-0.39, 0.29) is 0 Å². The van der Waals surface area contributed by atoms with Crippen LogP contribution < -0.4 is 20.1 Å². The molecule has 0 aliphatic rings. The van der Waals surface area contributed by atoms with E-state index >= 15 is 0 Å². The van der Waals surface area contributed by atoms with Gasteiger partial charge >= 0.3 is 0 Å². The van der Waals surface area contributed by atoms with Crippen molar-refractivity contribution in [1.82, 2.24) is 15.2 Å². The Bertz CT molecular complexity index is 619. The van der Waals surface area contributed by atoms with Crippen molar-refractivity contribution >= 4 is 17.5 Å². The van der Waals surface area contributed by atoms with Crippen molar-refractivity contribution in [1.29, 1.82) is 0 Å². The third kappa shape index (κ3) is 4.21. The van der Waals surface area contributed by atoms with Crippen LogP contribution in [-0.2, 0) is 0 Å². The predicted octanol–water partition coefficient (Wildman–Crippen LogP) is 2.70. The number of rotatable bonds is 7. The lowest BCUT2D eigenvalue weighted by atomic mass is 10.2. The van der Waals surface area contributed by atoms with E-state index in [4.69, 9.17) is 9.47 Å². The van der Waals surface area contributed by atoms with Crippen LogP contribution in [0, 0.1) is 5.92 Å². The minimum Gasteiger partial charge on any atom is -0.497 e. The Hall–Kier alpha value is -2.57. The number of methoxy groups -OCH3 is 2. The number of aromatic nitrogens is 3. The summed E-state index contributed by atoms with van der Waals surface area (Å²) >= 11 is 0. The van der Waals surface area contributed by atoms with Gasteiger partial charge in [-0.25, -0.2) is 0 Å². The second-order valence-corrected chi connectivity index (χ2v) is 5.13. The van der Waals surface area contributed by atoms with Crippen LogP contribution in [-0.4, -0.2) is 35.9 Å². The average Bonchev–Trinajstić information content (AvgIpc) is 2.53. The fourth-order valence-electron chi connectivity index (χ4n) is 1.78. The van der Waals surface area contributed by atoms with Gasteiger partial charge in [0, 0.05) is 12.6 Å². The van der Waals surface area contributed by atoms with Gasteiger partial charge in [-0.2, -0.15) is 10.1 Å². The van der Waals surface area contributed by atoms with Crippen LogP contribution in [0.15, 0.2) is 24.4 Å². The largest absolute Gasteiger partial charge is 0.497 e. The molecule has 1 aromatic heterocycles. The molecule has 0 amide bonds. The highest BCUT2D eigenvalue weighted by Gasteiger charge is 2.07. The highest BCUT2D eigenvalue weighted by Crippen LogP contribution is 2.30. The summed E-state index contributed by atoms with van der Waals surface area (Å²) in [5.74, 6) is 2.98. The van der Waals surface area contributed by atoms with Gasteiger partial charge in [0.15, 0.2) is 5.82 Å². The molecule has 0 fully saturated rings. The lowest BCUT2D eigenvalue weighted by Crippen LogP contribution is -2.11. The van der Waals surface area contributed by atoms with Gasteiger partial charge < -0.3 is 20.1 Å². The number of nitrogens with one attached hydrogen (secondary N) is 2. The minimum atomic E-state index is 0.487. The van der Waals surface area contributed by atoms with Gasteiger partial charge in [-0.3, -0.25) is 0 Å². The highest BCUT2D eigenvalue weighted by molar-refractivity contribution is 5.66. The maximum absolute atomic E-state index is 5.33. The molecule has 0 saturated heterocycles. The zero-order valence-electron chi connectivity index (χ0n) is 13.3. The zero-order valence-corrected chi connectivity index (χ0v) is 13.3. The van der Waals surface area contributed by atoms with E-state index < -0.39 is 0 Å². The van der Waals surface area contributed by atoms with Gasteiger partial charge in [-0.05, 0) is 18.1 Å². The van der Waals surface area contributed by atoms with Crippen LogP contribution in [0.2, 0.25) is 0 Å². The second-order valence-electron chi connectivity index (χ2n) is 5.13. The molecule has 0 unspecified atom stereocenters. The molecule has 1 heterocycles. The molecule has 0 saturated carbocycles. The van der Waals surface area contributed by atoms with Crippen molar-refractivity contribution in [2.75, 3.05) is 31.4 Å². The molecule has 7 heteroatoms. The average molecular weight is 303 g/mol. The van der Waals surface area contributed by atoms with Gasteiger partial charge in [0.25, 0.3) is 0 Å². The van der Waals surface area contributed by atoms with Gasteiger partial charge in [-0.1, -0.05) is 13.8 Å². The molecule has 1 aromatic carbocycles. The molecule has 2 aromatic rings. The molecule has 0 atom stereocenters. The Labute approximate surface area is 130 Å². The number of hydrogen-bond donors (Lipinski definition) is 2. The van der Waals surface area contributed by atoms with E-state index in [1.165, 1.54) is 0 Å². The molecular weight excluding hydrogens is 282 g/mol. The van der Waals surface area contributed by atoms with Crippen molar-refractivity contribution < 1.29 is 9.47 Å². The Balaban J connectivity index is 2.18. The van der Waals surface area contributed by atoms with Crippen molar-refractivity contribution in [2.24, 2.45) is 5.92 Å². The minimum absolute atomic E-state index is 0.487. The quantitative estimate of drug-likeness (QED) is 0.813. The lowest BCUT2D eigenvalue weighted by molar-refractivity contribution is 0.405. The summed E-state index contributed by atoms with van der Waals surface area (Å²) in [6.07, 6.45) is 1.56. The first-order chi connectivity index (χ1) is 10.6. The Morgan fingerprint density at radius 2 is 2.00 bits per heavy atom. The van der Waals surface area contributed by atoms with Crippen LogP contribution in [0.4, 0.5) is 17.5 Å². The fraction of sp³-hybridized carbons (Fsp3) is 0.400. The molecule has 2 N–H and O–H groups in total. The van der Waals surface area contributed by atoms with Crippen molar-refractivity contribution in [3.8, 4) is 11.5 Å². The summed E-state index contributed by atoms with van der Waals surface area (Å²) < 4.78 is 10.6. The smallest absolute Gasteiger partial charge is 0.244 e. The predicted molar refractivity (Wildman–Crippen MR) is 86.0 cm³/mol. The number of nitrogens with zero attached hydrogens (tertiary/aromatic N) is 3. The molecule has 2 rings (SSSR count). The number of hydrogen-bond acceptors (Lipinski definition) is 7. The first kappa shape index (κ1) is 15.8. The number of benzene rings is 1. The zero-order chi connectivity index (χ0) is 15.9. The summed E-state index contributed by atoms with van der Waals surface area (Å²) in [6.45, 7) is 5.01. The van der Waals surface area contributed by atoms with Crippen LogP contribution in [0.3, 0.4) is 0 Å². The fourth-order valence-corrected chi connectivity index (χ4v) is 1.78. The van der Waals surface area contributed by atoms with E-state index in [1.807, 2.05) is 18.2 Å². The summed E-state index contributed by atoms with van der Waals surface area (Å²) in [6, 6.07) is 5.49. The topological polar surface area (TPSA) is 81.2 Å². The summed E-state index contributed by atoms with van der Waals surface area (Å²) in [7, 11) is 3.23. The van der Waals surface area contributed by atoms with Crippen LogP contribution in [0.25, 0.3) is 0 Å². The maximum Gasteiger partial charge on any atom is 0.244 e. The first-order valence-electron chi connectivity index (χ1n) is 7.05. The Kier molecular flexibility index (Phi) is 5.35. The van der Waals surface area contributed by atoms with Gasteiger partial charge in [0.1, 0.15) is 11.5 Å². The maximum atomic E-state index is 5.33. The Morgan fingerprint density at radius 3 is 2.68 bits per heavy atom. The molecule has 118 valence electrons. The monoisotopic (exact) mass is 303 g/mol. The van der Waals surface area contributed by atoms with Gasteiger partial charge in [0.05, 0.1) is 26.1 Å². The molecule has 0 radical (unpaired) electrons.